The summed E-state index contributed by atoms with van der Waals surface area (Å²) in [5.41, 5.74) is 7.39. The summed E-state index contributed by atoms with van der Waals surface area (Å²) < 4.78 is 0. The maximum atomic E-state index is 10.6. The second kappa shape index (κ2) is 7.74. The summed E-state index contributed by atoms with van der Waals surface area (Å²) in [7, 11) is 0. The van der Waals surface area contributed by atoms with Gasteiger partial charge in [-0.25, -0.2) is 4.98 Å². The van der Waals surface area contributed by atoms with Crippen molar-refractivity contribution < 1.29 is 4.92 Å². The van der Waals surface area contributed by atoms with Crippen molar-refractivity contribution in [1.82, 2.24) is 9.88 Å². The monoisotopic (exact) mass is 339 g/mol. The fraction of sp³-hybridized carbons (Fsp3) is 0.333. The molecule has 1 aromatic heterocycles. The fourth-order valence-corrected chi connectivity index (χ4v) is 3.05. The van der Waals surface area contributed by atoms with Crippen molar-refractivity contribution in [3.8, 4) is 0 Å². The van der Waals surface area contributed by atoms with E-state index in [9.17, 15) is 10.1 Å². The van der Waals surface area contributed by atoms with E-state index in [0.29, 0.717) is 17.7 Å². The van der Waals surface area contributed by atoms with Gasteiger partial charge >= 0.3 is 0 Å². The van der Waals surface area contributed by atoms with Gasteiger partial charge in [0.25, 0.3) is 5.69 Å². The fourth-order valence-electron chi connectivity index (χ4n) is 3.05. The Morgan fingerprint density at radius 1 is 1.24 bits per heavy atom. The molecule has 1 aromatic carbocycles. The quantitative estimate of drug-likeness (QED) is 0.400. The first-order valence-corrected chi connectivity index (χ1v) is 8.35. The number of nitro groups is 1. The molecule has 0 saturated carbocycles. The number of aliphatic imine (C=N–C) groups is 1. The van der Waals surface area contributed by atoms with E-state index in [-0.39, 0.29) is 5.69 Å². The Labute approximate surface area is 146 Å². The second-order valence-electron chi connectivity index (χ2n) is 6.22. The van der Waals surface area contributed by atoms with Crippen LogP contribution in [0.1, 0.15) is 18.4 Å². The Kier molecular flexibility index (Phi) is 5.23. The predicted molar refractivity (Wildman–Crippen MR) is 96.6 cm³/mol. The van der Waals surface area contributed by atoms with E-state index in [0.717, 1.165) is 32.4 Å². The molecule has 0 unspecified atom stereocenters. The van der Waals surface area contributed by atoms with Gasteiger partial charge in [0.1, 0.15) is 6.20 Å². The van der Waals surface area contributed by atoms with Gasteiger partial charge in [0.2, 0.25) is 0 Å². The largest absolute Gasteiger partial charge is 0.369 e. The molecule has 1 aliphatic rings. The van der Waals surface area contributed by atoms with Crippen LogP contribution in [0.15, 0.2) is 53.7 Å². The molecule has 0 radical (unpaired) electrons. The van der Waals surface area contributed by atoms with Crippen LogP contribution < -0.4 is 5.73 Å². The maximum Gasteiger partial charge on any atom is 0.287 e. The van der Waals surface area contributed by atoms with Gasteiger partial charge in [-0.2, -0.15) is 4.99 Å². The SMILES string of the molecule is NC(=Nc1ccc([N+](=O)[O-])cn1)N1CCC(Cc2ccccc2)CC1. The van der Waals surface area contributed by atoms with Crippen molar-refractivity contribution in [3.05, 3.63) is 64.3 Å². The lowest BCUT2D eigenvalue weighted by Crippen LogP contribution is -2.43. The second-order valence-corrected chi connectivity index (χ2v) is 6.22. The molecule has 0 spiro atoms. The molecule has 1 aliphatic heterocycles. The third-order valence-electron chi connectivity index (χ3n) is 4.48. The van der Waals surface area contributed by atoms with Gasteiger partial charge in [0, 0.05) is 19.2 Å². The lowest BCUT2D eigenvalue weighted by Gasteiger charge is -2.32. The number of rotatable bonds is 4. The van der Waals surface area contributed by atoms with Crippen LogP contribution in [-0.2, 0) is 6.42 Å². The first kappa shape index (κ1) is 16.9. The molecule has 2 N–H and O–H groups in total. The number of aromatic nitrogens is 1. The number of nitrogens with two attached hydrogens (primary N) is 1. The number of guanidine groups is 1. The third-order valence-corrected chi connectivity index (χ3v) is 4.48. The van der Waals surface area contributed by atoms with Crippen molar-refractivity contribution in [2.24, 2.45) is 16.6 Å². The molecule has 7 nitrogen and oxygen atoms in total. The van der Waals surface area contributed by atoms with Crippen LogP contribution in [-0.4, -0.2) is 33.9 Å². The van der Waals surface area contributed by atoms with Crippen molar-refractivity contribution in [1.29, 1.82) is 0 Å². The summed E-state index contributed by atoms with van der Waals surface area (Å²) in [6.07, 6.45) is 4.42. The van der Waals surface area contributed by atoms with Gasteiger partial charge < -0.3 is 10.6 Å². The van der Waals surface area contributed by atoms with E-state index in [1.54, 1.807) is 0 Å². The van der Waals surface area contributed by atoms with Crippen molar-refractivity contribution in [3.63, 3.8) is 0 Å². The molecule has 0 amide bonds. The van der Waals surface area contributed by atoms with Crippen molar-refractivity contribution in [2.45, 2.75) is 19.3 Å². The van der Waals surface area contributed by atoms with Gasteiger partial charge in [0.05, 0.1) is 4.92 Å². The molecule has 2 aromatic rings. The first-order chi connectivity index (χ1) is 12.1. The molecule has 0 bridgehead atoms. The van der Waals surface area contributed by atoms with Gasteiger partial charge in [-0.1, -0.05) is 30.3 Å². The first-order valence-electron chi connectivity index (χ1n) is 8.35. The predicted octanol–water partition coefficient (Wildman–Crippen LogP) is 2.89. The van der Waals surface area contributed by atoms with Crippen molar-refractivity contribution >= 4 is 17.5 Å². The molecule has 0 aliphatic carbocycles. The Balaban J connectivity index is 1.55. The van der Waals surface area contributed by atoms with Crippen LogP contribution in [0.4, 0.5) is 11.5 Å². The molecular formula is C18H21N5O2. The summed E-state index contributed by atoms with van der Waals surface area (Å²) in [5, 5.41) is 10.6. The van der Waals surface area contributed by atoms with Gasteiger partial charge in [-0.15, -0.1) is 0 Å². The van der Waals surface area contributed by atoms with E-state index in [2.05, 4.69) is 34.2 Å². The topological polar surface area (TPSA) is 97.6 Å². The molecule has 25 heavy (non-hydrogen) atoms. The zero-order chi connectivity index (χ0) is 17.6. The number of pyridine rings is 1. The number of hydrogen-bond acceptors (Lipinski definition) is 4. The Bertz CT molecular complexity index is 738. The number of nitrogens with zero attached hydrogens (tertiary/aromatic N) is 4. The minimum Gasteiger partial charge on any atom is -0.369 e. The summed E-state index contributed by atoms with van der Waals surface area (Å²) in [6.45, 7) is 1.72. The zero-order valence-corrected chi connectivity index (χ0v) is 13.9. The average molecular weight is 339 g/mol. The molecule has 3 rings (SSSR count). The van der Waals surface area contributed by atoms with Gasteiger partial charge in [0.15, 0.2) is 11.8 Å². The third kappa shape index (κ3) is 4.53. The van der Waals surface area contributed by atoms with Crippen molar-refractivity contribution in [2.75, 3.05) is 13.1 Å². The lowest BCUT2D eigenvalue weighted by atomic mass is 9.90. The zero-order valence-electron chi connectivity index (χ0n) is 13.9. The highest BCUT2D eigenvalue weighted by Crippen LogP contribution is 2.22. The summed E-state index contributed by atoms with van der Waals surface area (Å²) in [6, 6.07) is 13.4. The number of hydrogen-bond donors (Lipinski definition) is 1. The van der Waals surface area contributed by atoms with E-state index in [1.807, 2.05) is 11.0 Å². The highest BCUT2D eigenvalue weighted by Gasteiger charge is 2.20. The van der Waals surface area contributed by atoms with Crippen LogP contribution in [0.25, 0.3) is 0 Å². The number of piperidine rings is 1. The normalized spacial score (nSPS) is 16.0. The van der Waals surface area contributed by atoms with Crippen LogP contribution in [0.3, 0.4) is 0 Å². The van der Waals surface area contributed by atoms with E-state index in [1.165, 1.54) is 23.9 Å². The minimum absolute atomic E-state index is 0.0563. The van der Waals surface area contributed by atoms with Crippen LogP contribution in [0.2, 0.25) is 0 Å². The van der Waals surface area contributed by atoms with E-state index < -0.39 is 4.92 Å². The number of benzene rings is 1. The average Bonchev–Trinajstić information content (AvgIpc) is 2.63. The maximum absolute atomic E-state index is 10.6. The van der Waals surface area contributed by atoms with E-state index in [4.69, 9.17) is 5.73 Å². The molecular weight excluding hydrogens is 318 g/mol. The van der Waals surface area contributed by atoms with Gasteiger partial charge in [-0.05, 0) is 36.8 Å². The molecule has 2 heterocycles. The molecule has 1 saturated heterocycles. The summed E-state index contributed by atoms with van der Waals surface area (Å²) in [5.74, 6) is 1.46. The van der Waals surface area contributed by atoms with Crippen LogP contribution in [0.5, 0.6) is 0 Å². The smallest absolute Gasteiger partial charge is 0.287 e. The molecule has 130 valence electrons. The molecule has 0 atom stereocenters. The number of likely N-dealkylation sites (tertiary alicyclic amines) is 1. The molecule has 1 fully saturated rings. The van der Waals surface area contributed by atoms with Crippen LogP contribution >= 0.6 is 0 Å². The highest BCUT2D eigenvalue weighted by molar-refractivity contribution is 5.80. The summed E-state index contributed by atoms with van der Waals surface area (Å²) in [4.78, 5) is 20.5. The lowest BCUT2D eigenvalue weighted by molar-refractivity contribution is -0.385. The van der Waals surface area contributed by atoms with E-state index >= 15 is 0 Å². The Hall–Kier alpha value is -2.96. The standard InChI is InChI=1S/C18H21N5O2/c19-18(21-17-7-6-16(13-20-17)23(24)25)22-10-8-15(9-11-22)12-14-4-2-1-3-5-14/h1-7,13,15H,8-12H2,(H2,19,20,21). The minimum atomic E-state index is -0.485. The molecule has 7 heteroatoms. The summed E-state index contributed by atoms with van der Waals surface area (Å²) >= 11 is 0. The van der Waals surface area contributed by atoms with Crippen LogP contribution in [0, 0.1) is 16.0 Å². The Morgan fingerprint density at radius 3 is 2.56 bits per heavy atom. The van der Waals surface area contributed by atoms with Gasteiger partial charge in [-0.3, -0.25) is 10.1 Å². The highest BCUT2D eigenvalue weighted by atomic mass is 16.6. The Morgan fingerprint density at radius 2 is 1.96 bits per heavy atom.